The first kappa shape index (κ1) is 57.8. The summed E-state index contributed by atoms with van der Waals surface area (Å²) in [6, 6.07) is 7.83. The number of amides is 2. The van der Waals surface area contributed by atoms with Crippen molar-refractivity contribution >= 4 is 58.9 Å². The molecule has 2 amide bonds. The molecule has 5 aromatic rings. The van der Waals surface area contributed by atoms with E-state index >= 15 is 0 Å². The minimum absolute atomic E-state index is 0. The van der Waals surface area contributed by atoms with E-state index in [1.165, 1.54) is 4.68 Å². The van der Waals surface area contributed by atoms with Crippen LogP contribution in [-0.4, -0.2) is 181 Å². The molecular formula is C50H74ClN17O7. The third-order valence-corrected chi connectivity index (χ3v) is 13.9. The Morgan fingerprint density at radius 1 is 0.760 bits per heavy atom. The smallest absolute Gasteiger partial charge is 0.303 e. The Morgan fingerprint density at radius 2 is 1.28 bits per heavy atom. The quantitative estimate of drug-likeness (QED) is 0.0355. The maximum absolute atomic E-state index is 14.7. The number of rotatable bonds is 28. The summed E-state index contributed by atoms with van der Waals surface area (Å²) in [7, 11) is 0. The molecule has 6 heterocycles. The van der Waals surface area contributed by atoms with Crippen LogP contribution in [0.1, 0.15) is 94.6 Å². The van der Waals surface area contributed by atoms with Crippen LogP contribution in [0.5, 0.6) is 0 Å². The van der Waals surface area contributed by atoms with Gasteiger partial charge in [-0.1, -0.05) is 75.1 Å². The minimum Gasteiger partial charge on any atom is -0.481 e. The maximum Gasteiger partial charge on any atom is 0.303 e. The molecule has 2 aliphatic heterocycles. The zero-order valence-electron chi connectivity index (χ0n) is 43.5. The van der Waals surface area contributed by atoms with E-state index in [1.54, 1.807) is 15.8 Å². The fourth-order valence-electron chi connectivity index (χ4n) is 8.85. The fraction of sp³-hybridized carbons (Fsp3) is 0.600. The number of carbonyl (C=O) groups is 3. The van der Waals surface area contributed by atoms with E-state index < -0.39 is 18.1 Å². The van der Waals surface area contributed by atoms with Crippen molar-refractivity contribution in [2.75, 3.05) is 114 Å². The molecule has 6 atom stereocenters. The average molecular weight is 1060 g/mol. The van der Waals surface area contributed by atoms with Crippen LogP contribution >= 0.6 is 12.4 Å². The van der Waals surface area contributed by atoms with Gasteiger partial charge in [0.1, 0.15) is 18.7 Å². The number of benzene rings is 1. The van der Waals surface area contributed by atoms with Crippen LogP contribution in [0.15, 0.2) is 42.7 Å². The van der Waals surface area contributed by atoms with Gasteiger partial charge in [-0.25, -0.2) is 9.36 Å². The van der Waals surface area contributed by atoms with Gasteiger partial charge < -0.3 is 60.7 Å². The first-order chi connectivity index (χ1) is 35.9. The summed E-state index contributed by atoms with van der Waals surface area (Å²) in [5, 5.41) is 31.4. The molecule has 2 aliphatic rings. The Hall–Kier alpha value is -6.49. The number of aliphatic carboxylic acids is 1. The molecule has 2 fully saturated rings. The highest BCUT2D eigenvalue weighted by atomic mass is 35.5. The maximum atomic E-state index is 14.7. The van der Waals surface area contributed by atoms with Gasteiger partial charge in [-0.3, -0.25) is 14.4 Å². The number of carboxylic acids is 1. The molecule has 25 heteroatoms. The van der Waals surface area contributed by atoms with Crippen LogP contribution in [0.4, 0.5) is 17.8 Å². The predicted octanol–water partition coefficient (Wildman–Crippen LogP) is 3.03. The second-order valence-electron chi connectivity index (χ2n) is 18.9. The highest BCUT2D eigenvalue weighted by Gasteiger charge is 2.34. The average Bonchev–Trinajstić information content (AvgIpc) is 4.22. The highest BCUT2D eigenvalue weighted by Crippen LogP contribution is 2.28. The van der Waals surface area contributed by atoms with Crippen molar-refractivity contribution in [1.29, 1.82) is 0 Å². The van der Waals surface area contributed by atoms with Gasteiger partial charge in [0.25, 0.3) is 0 Å². The zero-order valence-corrected chi connectivity index (χ0v) is 44.3. The van der Waals surface area contributed by atoms with E-state index in [-0.39, 0.29) is 67.6 Å². The van der Waals surface area contributed by atoms with E-state index in [0.29, 0.717) is 128 Å². The van der Waals surface area contributed by atoms with Crippen LogP contribution in [-0.2, 0) is 35.0 Å². The highest BCUT2D eigenvalue weighted by molar-refractivity contribution is 5.85. The SMILES string of the molecule is C#CCOCCOCCOCCNc1nc(N2CCN(C(=O)[C@H](CCC(=O)O)n3cc(C(N)[C@H](C)CC)nn3)CC2)nc(N2CCN(C(=O)[C@H](Cc3cc4ccccc4[nH]3)n3cc(C(N)[C@H](C)CC)nn3)CC2)n1.Cl. The van der Waals surface area contributed by atoms with Crippen molar-refractivity contribution in [1.82, 2.24) is 59.7 Å². The number of aromatic amines is 1. The molecule has 0 aliphatic carbocycles. The molecule has 7 N–H and O–H groups in total. The number of carbonyl (C=O) groups excluding carboxylic acids is 2. The van der Waals surface area contributed by atoms with Crippen molar-refractivity contribution in [3.63, 3.8) is 0 Å². The van der Waals surface area contributed by atoms with Gasteiger partial charge in [0.15, 0.2) is 0 Å². The van der Waals surface area contributed by atoms with Gasteiger partial charge in [-0.15, -0.1) is 29.0 Å². The molecular weight excluding hydrogens is 986 g/mol. The van der Waals surface area contributed by atoms with E-state index in [9.17, 15) is 19.5 Å². The number of nitrogens with two attached hydrogens (primary N) is 2. The molecule has 2 unspecified atom stereocenters. The Kier molecular flexibility index (Phi) is 21.9. The van der Waals surface area contributed by atoms with Gasteiger partial charge in [-0.2, -0.15) is 15.0 Å². The third-order valence-electron chi connectivity index (χ3n) is 13.9. The third kappa shape index (κ3) is 15.5. The lowest BCUT2D eigenvalue weighted by Gasteiger charge is -2.38. The summed E-state index contributed by atoms with van der Waals surface area (Å²) >= 11 is 0. The Balaban J connectivity index is 0.00000914. The van der Waals surface area contributed by atoms with Gasteiger partial charge in [-0.05, 0) is 35.8 Å². The number of carboxylic acid groups (broad SMARTS) is 1. The number of piperazine rings is 2. The monoisotopic (exact) mass is 1060 g/mol. The number of H-pyrrole nitrogens is 1. The lowest BCUT2D eigenvalue weighted by molar-refractivity contribution is -0.139. The second kappa shape index (κ2) is 28.4. The number of anilines is 3. The van der Waals surface area contributed by atoms with E-state index in [4.69, 9.17) is 47.1 Å². The molecule has 0 saturated carbocycles. The number of aromatic nitrogens is 10. The number of para-hydroxylation sites is 1. The number of nitrogens with one attached hydrogen (secondary N) is 2. The number of hydrogen-bond acceptors (Lipinski definition) is 18. The number of ether oxygens (including phenoxy) is 3. The van der Waals surface area contributed by atoms with Gasteiger partial charge in [0.05, 0.1) is 68.9 Å². The van der Waals surface area contributed by atoms with Crippen LogP contribution < -0.4 is 26.6 Å². The number of terminal acetylenes is 1. The van der Waals surface area contributed by atoms with Crippen LogP contribution in [0.25, 0.3) is 10.9 Å². The Morgan fingerprint density at radius 3 is 1.81 bits per heavy atom. The van der Waals surface area contributed by atoms with Crippen molar-refractivity contribution in [3.8, 4) is 12.3 Å². The number of halogens is 1. The van der Waals surface area contributed by atoms with Crippen molar-refractivity contribution in [3.05, 3.63) is 59.8 Å². The summed E-state index contributed by atoms with van der Waals surface area (Å²) in [6.07, 6.45) is 10.6. The zero-order chi connectivity index (χ0) is 52.6. The minimum atomic E-state index is -1.01. The van der Waals surface area contributed by atoms with Crippen molar-refractivity contribution in [2.24, 2.45) is 23.3 Å². The van der Waals surface area contributed by atoms with Crippen LogP contribution in [0.2, 0.25) is 0 Å². The fourth-order valence-corrected chi connectivity index (χ4v) is 8.85. The lowest BCUT2D eigenvalue weighted by atomic mass is 9.98. The van der Waals surface area contributed by atoms with E-state index in [2.05, 4.69) is 56.8 Å². The van der Waals surface area contributed by atoms with E-state index in [1.807, 2.05) is 59.0 Å². The van der Waals surface area contributed by atoms with Crippen LogP contribution in [0.3, 0.4) is 0 Å². The molecule has 1 aromatic carbocycles. The first-order valence-corrected chi connectivity index (χ1v) is 25.7. The topological polar surface area (TPSA) is 292 Å². The number of hydrogen-bond donors (Lipinski definition) is 5. The number of fused-ring (bicyclic) bond motifs is 1. The van der Waals surface area contributed by atoms with Gasteiger partial charge in [0, 0.05) is 83.0 Å². The Bertz CT molecular complexity index is 2590. The summed E-state index contributed by atoms with van der Waals surface area (Å²) < 4.78 is 19.7. The summed E-state index contributed by atoms with van der Waals surface area (Å²) in [5.41, 5.74) is 16.1. The second-order valence-corrected chi connectivity index (χ2v) is 18.9. The molecule has 408 valence electrons. The van der Waals surface area contributed by atoms with E-state index in [0.717, 1.165) is 29.4 Å². The Labute approximate surface area is 444 Å². The normalized spacial score (nSPS) is 16.4. The molecule has 4 aromatic heterocycles. The summed E-state index contributed by atoms with van der Waals surface area (Å²) in [5.74, 6) is 2.58. The summed E-state index contributed by atoms with van der Waals surface area (Å²) in [6.45, 7) is 13.9. The molecule has 2 saturated heterocycles. The molecule has 24 nitrogen and oxygen atoms in total. The van der Waals surface area contributed by atoms with Crippen molar-refractivity contribution in [2.45, 2.75) is 84.0 Å². The molecule has 0 radical (unpaired) electrons. The van der Waals surface area contributed by atoms with Crippen LogP contribution in [0, 0.1) is 24.2 Å². The summed E-state index contributed by atoms with van der Waals surface area (Å²) in [4.78, 5) is 66.3. The first-order valence-electron chi connectivity index (χ1n) is 25.7. The largest absolute Gasteiger partial charge is 0.481 e. The number of nitrogens with zero attached hydrogens (tertiary/aromatic N) is 13. The van der Waals surface area contributed by atoms with Gasteiger partial charge >= 0.3 is 5.97 Å². The standard InChI is InChI=1S/C50H73N17O7.ClH/c1-6-24-72-26-28-74-29-27-73-25-15-53-48-55-49(64-20-16-62(17-21-64)46(70)41(13-14-43(68)69)66-32-39(58-60-66)44(51)34(4)7-2)57-50(56-48)65-22-18-63(19-23-65)47(71)42(31-37-30-36-11-9-10-12-38(36)54-37)67-33-40(59-61-67)45(52)35(5)8-3;/h1,9-12,30,32-35,41-42,44-45,54H,7-8,13-29,31,51-52H2,2-5H3,(H,68,69)(H,53,55,56,57);1H/t34-,35-,41+,42+,44?,45?;/m1./s1. The molecule has 0 bridgehead atoms. The lowest BCUT2D eigenvalue weighted by Crippen LogP contribution is -2.52. The molecule has 0 spiro atoms. The van der Waals surface area contributed by atoms with Crippen molar-refractivity contribution < 1.29 is 33.7 Å². The van der Waals surface area contributed by atoms with Gasteiger partial charge in [0.2, 0.25) is 29.7 Å². The predicted molar refractivity (Wildman–Crippen MR) is 284 cm³/mol. The molecule has 7 rings (SSSR count). The molecule has 75 heavy (non-hydrogen) atoms.